The van der Waals surface area contributed by atoms with E-state index >= 15 is 0 Å². The number of benzene rings is 2. The van der Waals surface area contributed by atoms with Crippen LogP contribution in [0.2, 0.25) is 0 Å². The van der Waals surface area contributed by atoms with E-state index in [1.54, 1.807) is 40.3 Å². The van der Waals surface area contributed by atoms with Gasteiger partial charge in [0.25, 0.3) is 6.47 Å². The van der Waals surface area contributed by atoms with Gasteiger partial charge in [-0.15, -0.1) is 11.3 Å². The van der Waals surface area contributed by atoms with Gasteiger partial charge in [0.15, 0.2) is 11.5 Å². The quantitative estimate of drug-likeness (QED) is 0.0543. The van der Waals surface area contributed by atoms with E-state index in [0.29, 0.717) is 65.3 Å². The van der Waals surface area contributed by atoms with Crippen molar-refractivity contribution in [2.75, 3.05) is 18.1 Å². The second kappa shape index (κ2) is 13.3. The van der Waals surface area contributed by atoms with Gasteiger partial charge < -0.3 is 18.8 Å². The van der Waals surface area contributed by atoms with Crippen molar-refractivity contribution in [3.05, 3.63) is 122 Å². The van der Waals surface area contributed by atoms with Crippen LogP contribution in [0.1, 0.15) is 5.56 Å². The predicted molar refractivity (Wildman–Crippen MR) is 177 cm³/mol. The van der Waals surface area contributed by atoms with E-state index in [0.717, 1.165) is 26.8 Å². The number of hydrogen-bond donors (Lipinski definition) is 1. The van der Waals surface area contributed by atoms with Gasteiger partial charge in [-0.3, -0.25) is 24.9 Å². The van der Waals surface area contributed by atoms with Gasteiger partial charge in [-0.05, 0) is 65.7 Å². The molecule has 0 aliphatic carbocycles. The van der Waals surface area contributed by atoms with Crippen LogP contribution in [-0.4, -0.2) is 34.9 Å². The molecule has 1 aliphatic heterocycles. The van der Waals surface area contributed by atoms with Crippen molar-refractivity contribution in [1.29, 1.82) is 0 Å². The Kier molecular flexibility index (Phi) is 8.48. The Morgan fingerprint density at radius 1 is 0.851 bits per heavy atom. The smallest absolute Gasteiger partial charge is 0.298 e. The van der Waals surface area contributed by atoms with E-state index in [4.69, 9.17) is 19.2 Å². The number of anilines is 3. The monoisotopic (exact) mass is 644 g/mol. The predicted octanol–water partition coefficient (Wildman–Crippen LogP) is 7.23. The van der Waals surface area contributed by atoms with Gasteiger partial charge in [0.1, 0.15) is 42.0 Å². The number of fused-ring (bicyclic) bond motifs is 1. The summed E-state index contributed by atoms with van der Waals surface area (Å²) in [5, 5.41) is 10.2. The molecule has 47 heavy (non-hydrogen) atoms. The number of aromatic nitrogens is 3. The Morgan fingerprint density at radius 2 is 1.47 bits per heavy atom. The highest BCUT2D eigenvalue weighted by Gasteiger charge is 2.30. The normalized spacial score (nSPS) is 12.0. The number of rotatable bonds is 10. The van der Waals surface area contributed by atoms with Crippen molar-refractivity contribution in [3.8, 4) is 50.5 Å². The number of pyridine rings is 3. The van der Waals surface area contributed by atoms with E-state index in [1.807, 2.05) is 54.6 Å². The summed E-state index contributed by atoms with van der Waals surface area (Å²) in [4.78, 5) is 27.7. The fourth-order valence-electron chi connectivity index (χ4n) is 5.46. The van der Waals surface area contributed by atoms with E-state index in [-0.39, 0.29) is 6.61 Å². The maximum absolute atomic E-state index is 11.0. The highest BCUT2D eigenvalue weighted by atomic mass is 32.1. The molecule has 0 fully saturated rings. The zero-order valence-electron chi connectivity index (χ0n) is 25.0. The van der Waals surface area contributed by atoms with Crippen molar-refractivity contribution >= 4 is 34.2 Å². The van der Waals surface area contributed by atoms with Crippen molar-refractivity contribution < 1.29 is 33.7 Å². The third-order valence-electron chi connectivity index (χ3n) is 7.53. The van der Waals surface area contributed by atoms with E-state index in [2.05, 4.69) is 46.1 Å². The standard InChI is InChI=1S/C36H28N4O6S/c1-39-31(18-24(22-46-42)19-32(39)30-21-28(45-23-41)13-15-38-30)29-20-25(12-14-37-29)35-33-34(44-17-16-43-33)36(47-35)40(26-8-4-2-5-9-26)27-10-6-3-7-11-27/h2-15,18-21,23,42H,1,16-17,22H2. The lowest BCUT2D eigenvalue weighted by atomic mass is 10.1. The molecule has 0 saturated heterocycles. The first-order chi connectivity index (χ1) is 23.1. The second-order valence-corrected chi connectivity index (χ2v) is 11.5. The molecule has 0 radical (unpaired) electrons. The van der Waals surface area contributed by atoms with E-state index < -0.39 is 0 Å². The van der Waals surface area contributed by atoms with Gasteiger partial charge >= 0.3 is 0 Å². The van der Waals surface area contributed by atoms with E-state index in [1.165, 1.54) is 6.20 Å². The van der Waals surface area contributed by atoms with Gasteiger partial charge in [-0.2, -0.15) is 0 Å². The van der Waals surface area contributed by atoms with Crippen LogP contribution in [-0.2, 0) is 16.3 Å². The molecule has 1 N–H and O–H groups in total. The molecule has 5 heterocycles. The zero-order valence-corrected chi connectivity index (χ0v) is 25.8. The fourth-order valence-corrected chi connectivity index (χ4v) is 6.69. The molecular formula is C36H28N4O6S. The van der Waals surface area contributed by atoms with Gasteiger partial charge in [0, 0.05) is 36.9 Å². The summed E-state index contributed by atoms with van der Waals surface area (Å²) in [6.45, 7) is 1.14. The van der Waals surface area contributed by atoms with Crippen LogP contribution < -0.4 is 23.7 Å². The number of nitrogens with zero attached hydrogens (tertiary/aromatic N) is 4. The van der Waals surface area contributed by atoms with Gasteiger partial charge in [0.05, 0.1) is 16.3 Å². The van der Waals surface area contributed by atoms with Crippen molar-refractivity contribution in [1.82, 2.24) is 9.97 Å². The van der Waals surface area contributed by atoms with Crippen LogP contribution in [0.4, 0.5) is 16.4 Å². The average molecular weight is 645 g/mol. The lowest BCUT2D eigenvalue weighted by Crippen LogP contribution is -2.32. The van der Waals surface area contributed by atoms with Gasteiger partial charge in [-0.1, -0.05) is 36.4 Å². The van der Waals surface area contributed by atoms with Crippen LogP contribution in [0.3, 0.4) is 0 Å². The van der Waals surface area contributed by atoms with Crippen LogP contribution in [0.25, 0.3) is 33.2 Å². The minimum absolute atomic E-state index is 0.0766. The first kappa shape index (κ1) is 29.9. The third kappa shape index (κ3) is 5.98. The summed E-state index contributed by atoms with van der Waals surface area (Å²) >= 11 is 1.57. The number of thiophene rings is 1. The highest BCUT2D eigenvalue weighted by molar-refractivity contribution is 7.20. The number of para-hydroxylation sites is 2. The van der Waals surface area contributed by atoms with Crippen LogP contribution in [0, 0.1) is 7.05 Å². The average Bonchev–Trinajstić information content (AvgIpc) is 3.50. The molecule has 1 aliphatic rings. The van der Waals surface area contributed by atoms with E-state index in [9.17, 15) is 10.1 Å². The largest absolute Gasteiger partial charge is 0.485 e. The van der Waals surface area contributed by atoms with Gasteiger partial charge in [-0.25, -0.2) is 4.89 Å². The minimum Gasteiger partial charge on any atom is -0.485 e. The molecular weight excluding hydrogens is 616 g/mol. The maximum Gasteiger partial charge on any atom is 0.298 e. The Labute approximate surface area is 274 Å². The summed E-state index contributed by atoms with van der Waals surface area (Å²) < 4.78 is 19.3. The summed E-state index contributed by atoms with van der Waals surface area (Å²) in [5.74, 6) is 1.69. The molecule has 2 aromatic carbocycles. The van der Waals surface area contributed by atoms with Crippen molar-refractivity contribution in [2.45, 2.75) is 6.61 Å². The minimum atomic E-state index is -0.0766. The van der Waals surface area contributed by atoms with Crippen molar-refractivity contribution in [2.24, 2.45) is 0 Å². The lowest BCUT2D eigenvalue weighted by Gasteiger charge is -2.26. The zero-order chi connectivity index (χ0) is 32.2. The Bertz CT molecular complexity index is 2000. The molecule has 7 rings (SSSR count). The molecule has 0 bridgehead atoms. The second-order valence-electron chi connectivity index (χ2n) is 10.5. The summed E-state index contributed by atoms with van der Waals surface area (Å²) in [7, 11) is 4.29. The number of hydrogen-bond acceptors (Lipinski definition) is 10. The molecule has 0 unspecified atom stereocenters. The molecule has 10 nitrogen and oxygen atoms in total. The molecule has 0 amide bonds. The molecule has 0 saturated carbocycles. The summed E-state index contributed by atoms with van der Waals surface area (Å²) in [5.41, 5.74) is 5.85. The molecule has 0 atom stereocenters. The summed E-state index contributed by atoms with van der Waals surface area (Å²) in [6, 6.07) is 31.0. The first-order valence-electron chi connectivity index (χ1n) is 14.7. The molecule has 0 spiro atoms. The molecule has 6 aromatic rings. The van der Waals surface area contributed by atoms with Crippen LogP contribution >= 0.6 is 11.3 Å². The third-order valence-corrected chi connectivity index (χ3v) is 8.72. The fraction of sp³-hybridized carbons (Fsp3) is 0.0833. The number of carbonyl (C=O) groups excluding carboxylic acids is 1. The maximum atomic E-state index is 11.0. The Balaban J connectivity index is 1.36. The Hall–Kier alpha value is -5.75. The first-order valence-corrected chi connectivity index (χ1v) is 15.5. The van der Waals surface area contributed by atoms with Crippen LogP contribution in [0.15, 0.2) is 109 Å². The lowest BCUT2D eigenvalue weighted by molar-refractivity contribution is -0.589. The molecule has 11 heteroatoms. The summed E-state index contributed by atoms with van der Waals surface area (Å²) in [6.07, 6.45) is 3.27. The van der Waals surface area contributed by atoms with Gasteiger partial charge in [0.2, 0.25) is 0 Å². The number of ether oxygens (including phenoxy) is 3. The van der Waals surface area contributed by atoms with Crippen LogP contribution in [0.5, 0.6) is 17.2 Å². The van der Waals surface area contributed by atoms with Crippen molar-refractivity contribution in [3.63, 3.8) is 0 Å². The number of carbonyl (C=O) groups is 1. The Morgan fingerprint density at radius 3 is 2.11 bits per heavy atom. The topological polar surface area (TPSA) is 107 Å². The molecule has 234 valence electrons. The SMILES string of the molecule is [CH2-][n+]1c(-c2cc(OC=O)ccn2)cc(COO)cc1-c1cc(-c2sc(N(c3ccccc3)c3ccccc3)c3c2OCCO3)ccn1. The molecule has 4 aromatic heterocycles. The highest BCUT2D eigenvalue weighted by Crippen LogP contribution is 2.57.